The van der Waals surface area contributed by atoms with Gasteiger partial charge in [0.25, 0.3) is 11.8 Å². The zero-order chi connectivity index (χ0) is 27.9. The molecule has 2 heterocycles. The zero-order valence-electron chi connectivity index (χ0n) is 23.2. The fourth-order valence-electron chi connectivity index (χ4n) is 5.08. The number of amides is 3. The lowest BCUT2D eigenvalue weighted by atomic mass is 9.99. The molecule has 1 saturated heterocycles. The van der Waals surface area contributed by atoms with Crippen molar-refractivity contribution >= 4 is 23.4 Å². The molecule has 9 heteroatoms. The topological polar surface area (TPSA) is 97.4 Å². The third-order valence-corrected chi connectivity index (χ3v) is 7.59. The van der Waals surface area contributed by atoms with E-state index >= 15 is 0 Å². The van der Waals surface area contributed by atoms with Gasteiger partial charge in [0.05, 0.1) is 17.7 Å². The Balaban J connectivity index is 1.63. The van der Waals surface area contributed by atoms with Crippen molar-refractivity contribution in [2.45, 2.75) is 38.8 Å². The van der Waals surface area contributed by atoms with E-state index in [-0.39, 0.29) is 48.3 Å². The number of nitrogens with one attached hydrogen (secondary N) is 1. The van der Waals surface area contributed by atoms with Crippen molar-refractivity contribution in [1.29, 1.82) is 0 Å². The molecule has 0 radical (unpaired) electrons. The Morgan fingerprint density at radius 1 is 1.03 bits per heavy atom. The lowest BCUT2D eigenvalue weighted by Gasteiger charge is -2.36. The quantitative estimate of drug-likeness (QED) is 0.639. The summed E-state index contributed by atoms with van der Waals surface area (Å²) in [4.78, 5) is 43.3. The van der Waals surface area contributed by atoms with Crippen molar-refractivity contribution in [1.82, 2.24) is 9.80 Å². The highest BCUT2D eigenvalue weighted by Gasteiger charge is 2.31. The highest BCUT2D eigenvalue weighted by Crippen LogP contribution is 2.28. The Labute approximate surface area is 230 Å². The zero-order valence-corrected chi connectivity index (χ0v) is 23.2. The van der Waals surface area contributed by atoms with Crippen molar-refractivity contribution in [3.63, 3.8) is 0 Å². The number of nitrogens with zero attached hydrogens (tertiary/aromatic N) is 2. The molecule has 0 aliphatic carbocycles. The highest BCUT2D eigenvalue weighted by molar-refractivity contribution is 5.99. The van der Waals surface area contributed by atoms with Gasteiger partial charge in [0, 0.05) is 69.6 Å². The highest BCUT2D eigenvalue weighted by atomic mass is 16.5. The second kappa shape index (κ2) is 13.1. The van der Waals surface area contributed by atoms with Gasteiger partial charge in [-0.15, -0.1) is 0 Å². The molecular weight excluding hydrogens is 498 g/mol. The minimum atomic E-state index is -0.293. The summed E-state index contributed by atoms with van der Waals surface area (Å²) in [7, 11) is 3.36. The second-order valence-electron chi connectivity index (χ2n) is 10.5. The summed E-state index contributed by atoms with van der Waals surface area (Å²) in [6.45, 7) is 6.06. The van der Waals surface area contributed by atoms with Gasteiger partial charge in [-0.1, -0.05) is 25.1 Å². The van der Waals surface area contributed by atoms with E-state index in [4.69, 9.17) is 14.2 Å². The molecule has 0 spiro atoms. The summed E-state index contributed by atoms with van der Waals surface area (Å²) in [6.07, 6.45) is 1.08. The lowest BCUT2D eigenvalue weighted by Crippen LogP contribution is -2.48. The number of benzene rings is 2. The maximum Gasteiger partial charge on any atom is 0.257 e. The summed E-state index contributed by atoms with van der Waals surface area (Å²) in [5, 5.41) is 2.97. The van der Waals surface area contributed by atoms with Gasteiger partial charge in [-0.25, -0.2) is 0 Å². The predicted octanol–water partition coefficient (Wildman–Crippen LogP) is 3.70. The number of methoxy groups -OCH3 is 1. The minimum Gasteiger partial charge on any atom is -0.491 e. The molecule has 210 valence electrons. The van der Waals surface area contributed by atoms with Crippen LogP contribution < -0.4 is 10.1 Å². The summed E-state index contributed by atoms with van der Waals surface area (Å²) in [5.74, 6) is -0.154. The molecule has 0 aromatic heterocycles. The normalized spacial score (nSPS) is 23.2. The third-order valence-electron chi connectivity index (χ3n) is 7.59. The van der Waals surface area contributed by atoms with Crippen LogP contribution in [0.3, 0.4) is 0 Å². The Morgan fingerprint density at radius 2 is 1.74 bits per heavy atom. The van der Waals surface area contributed by atoms with E-state index in [0.717, 1.165) is 0 Å². The standard InChI is InChI=1S/C30H39N3O6/c1-20-17-33(29(35)23-8-6-5-7-9-23)21(2)19-39-26-16-24(31-28(34)22-12-14-38-15-13-22)10-11-25(26)30(36)32(3)18-27(20)37-4/h5-11,16,20-22,27H,12-15,17-19H2,1-4H3,(H,31,34)/t20-,21-,27+/m0/s1. The van der Waals surface area contributed by atoms with E-state index < -0.39 is 0 Å². The maximum atomic E-state index is 13.6. The van der Waals surface area contributed by atoms with Crippen molar-refractivity contribution in [2.75, 3.05) is 52.4 Å². The molecule has 4 rings (SSSR count). The van der Waals surface area contributed by atoms with Gasteiger partial charge in [0.15, 0.2) is 0 Å². The van der Waals surface area contributed by atoms with E-state index in [0.29, 0.717) is 61.7 Å². The Hall–Kier alpha value is -3.43. The molecule has 3 amide bonds. The van der Waals surface area contributed by atoms with E-state index in [1.54, 1.807) is 49.4 Å². The molecular formula is C30H39N3O6. The summed E-state index contributed by atoms with van der Waals surface area (Å²) in [6, 6.07) is 14.0. The number of carbonyl (C=O) groups is 3. The third kappa shape index (κ3) is 6.96. The predicted molar refractivity (Wildman–Crippen MR) is 148 cm³/mol. The van der Waals surface area contributed by atoms with Crippen LogP contribution in [0, 0.1) is 11.8 Å². The molecule has 2 aliphatic rings. The average Bonchev–Trinajstić information content (AvgIpc) is 2.97. The number of hydrogen-bond donors (Lipinski definition) is 1. The van der Waals surface area contributed by atoms with Gasteiger partial charge in [-0.3, -0.25) is 14.4 Å². The van der Waals surface area contributed by atoms with Gasteiger partial charge < -0.3 is 29.3 Å². The first-order chi connectivity index (χ1) is 18.8. The van der Waals surface area contributed by atoms with Crippen molar-refractivity contribution in [3.8, 4) is 5.75 Å². The van der Waals surface area contributed by atoms with E-state index in [1.165, 1.54) is 0 Å². The SMILES string of the molecule is CO[C@@H]1CN(C)C(=O)c2ccc(NC(=O)C3CCOCC3)cc2OC[C@H](C)N(C(=O)c2ccccc2)C[C@@H]1C. The number of carbonyl (C=O) groups excluding carboxylic acids is 3. The summed E-state index contributed by atoms with van der Waals surface area (Å²) < 4.78 is 17.4. The minimum absolute atomic E-state index is 0.0398. The van der Waals surface area contributed by atoms with Gasteiger partial charge in [0.2, 0.25) is 5.91 Å². The van der Waals surface area contributed by atoms with Crippen LogP contribution >= 0.6 is 0 Å². The molecule has 39 heavy (non-hydrogen) atoms. The molecule has 2 aliphatic heterocycles. The molecule has 2 aromatic rings. The monoisotopic (exact) mass is 537 g/mol. The van der Waals surface area contributed by atoms with Gasteiger partial charge >= 0.3 is 0 Å². The molecule has 0 saturated carbocycles. The van der Waals surface area contributed by atoms with Crippen molar-refractivity contribution < 1.29 is 28.6 Å². The molecule has 1 N–H and O–H groups in total. The van der Waals surface area contributed by atoms with Crippen LogP contribution in [-0.4, -0.2) is 86.7 Å². The van der Waals surface area contributed by atoms with Crippen LogP contribution in [0.15, 0.2) is 48.5 Å². The van der Waals surface area contributed by atoms with Crippen LogP contribution in [0.5, 0.6) is 5.75 Å². The van der Waals surface area contributed by atoms with Crippen molar-refractivity contribution in [3.05, 3.63) is 59.7 Å². The van der Waals surface area contributed by atoms with E-state index in [2.05, 4.69) is 5.32 Å². The van der Waals surface area contributed by atoms with Gasteiger partial charge in [-0.2, -0.15) is 0 Å². The van der Waals surface area contributed by atoms with Crippen LogP contribution in [0.1, 0.15) is 47.4 Å². The number of rotatable bonds is 4. The van der Waals surface area contributed by atoms with Crippen LogP contribution in [-0.2, 0) is 14.3 Å². The largest absolute Gasteiger partial charge is 0.491 e. The van der Waals surface area contributed by atoms with Gasteiger partial charge in [0.1, 0.15) is 12.4 Å². The van der Waals surface area contributed by atoms with Crippen LogP contribution in [0.25, 0.3) is 0 Å². The van der Waals surface area contributed by atoms with E-state index in [9.17, 15) is 14.4 Å². The number of anilines is 1. The van der Waals surface area contributed by atoms with Gasteiger partial charge in [-0.05, 0) is 44.0 Å². The number of ether oxygens (including phenoxy) is 3. The molecule has 1 fully saturated rings. The average molecular weight is 538 g/mol. The smallest absolute Gasteiger partial charge is 0.257 e. The molecule has 0 bridgehead atoms. The summed E-state index contributed by atoms with van der Waals surface area (Å²) in [5.41, 5.74) is 1.54. The number of fused-ring (bicyclic) bond motifs is 1. The molecule has 3 atom stereocenters. The first-order valence-corrected chi connectivity index (χ1v) is 13.6. The fourth-order valence-corrected chi connectivity index (χ4v) is 5.08. The maximum absolute atomic E-state index is 13.6. The first-order valence-electron chi connectivity index (χ1n) is 13.6. The second-order valence-corrected chi connectivity index (χ2v) is 10.5. The first kappa shape index (κ1) is 28.6. The lowest BCUT2D eigenvalue weighted by molar-refractivity contribution is -0.122. The van der Waals surface area contributed by atoms with Crippen LogP contribution in [0.4, 0.5) is 5.69 Å². The number of hydrogen-bond acceptors (Lipinski definition) is 6. The van der Waals surface area contributed by atoms with E-state index in [1.807, 2.05) is 36.9 Å². The summed E-state index contributed by atoms with van der Waals surface area (Å²) >= 11 is 0. The molecule has 2 aromatic carbocycles. The Kier molecular flexibility index (Phi) is 9.59. The van der Waals surface area contributed by atoms with Crippen LogP contribution in [0.2, 0.25) is 0 Å². The van der Waals surface area contributed by atoms with Crippen molar-refractivity contribution in [2.24, 2.45) is 11.8 Å². The number of likely N-dealkylation sites (N-methyl/N-ethyl adjacent to an activating group) is 1. The molecule has 0 unspecified atom stereocenters. The Morgan fingerprint density at radius 3 is 2.44 bits per heavy atom. The fraction of sp³-hybridized carbons (Fsp3) is 0.500. The molecule has 9 nitrogen and oxygen atoms in total. The Bertz CT molecular complexity index is 1150.